The Kier molecular flexibility index (Phi) is 2.57. The van der Waals surface area contributed by atoms with Gasteiger partial charge < -0.3 is 9.84 Å². The van der Waals surface area contributed by atoms with Crippen LogP contribution in [0.4, 0.5) is 5.69 Å². The molecule has 0 atom stereocenters. The first-order chi connectivity index (χ1) is 10.2. The number of aromatic nitrogens is 1. The van der Waals surface area contributed by atoms with Crippen LogP contribution in [0.25, 0.3) is 10.8 Å². The van der Waals surface area contributed by atoms with Crippen LogP contribution in [0.5, 0.6) is 0 Å². The number of nitrogens with zero attached hydrogens (tertiary/aromatic N) is 1. The summed E-state index contributed by atoms with van der Waals surface area (Å²) in [5.41, 5.74) is 3.84. The van der Waals surface area contributed by atoms with Gasteiger partial charge in [-0.15, -0.1) is 0 Å². The van der Waals surface area contributed by atoms with E-state index < -0.39 is 0 Å². The minimum absolute atomic E-state index is 0.245. The third kappa shape index (κ3) is 1.91. The smallest absolute Gasteiger partial charge is 0.277 e. The molecule has 21 heavy (non-hydrogen) atoms. The van der Waals surface area contributed by atoms with Gasteiger partial charge in [-0.1, -0.05) is 29.4 Å². The number of carbonyl (C=O) groups excluding carboxylic acids is 1. The molecule has 104 valence electrons. The van der Waals surface area contributed by atoms with Gasteiger partial charge in [-0.05, 0) is 42.3 Å². The Balaban J connectivity index is 1.76. The van der Waals surface area contributed by atoms with Crippen molar-refractivity contribution in [1.29, 1.82) is 0 Å². The van der Waals surface area contributed by atoms with E-state index in [4.69, 9.17) is 4.52 Å². The second-order valence-corrected chi connectivity index (χ2v) is 5.39. The molecule has 0 bridgehead atoms. The molecule has 1 N–H and O–H groups in total. The predicted molar refractivity (Wildman–Crippen MR) is 80.5 cm³/mol. The van der Waals surface area contributed by atoms with Crippen LogP contribution in [0.2, 0.25) is 0 Å². The van der Waals surface area contributed by atoms with Crippen molar-refractivity contribution in [3.8, 4) is 0 Å². The Bertz CT molecular complexity index is 854. The molecular weight excluding hydrogens is 264 g/mol. The minimum atomic E-state index is -0.245. The molecule has 1 aromatic heterocycles. The lowest BCUT2D eigenvalue weighted by Crippen LogP contribution is -2.12. The SMILES string of the molecule is Cc1cc(C(=O)Nc2ccc3c4c(cccc24)CC3)no1. The average molecular weight is 278 g/mol. The average Bonchev–Trinajstić information content (AvgIpc) is 3.10. The minimum Gasteiger partial charge on any atom is -0.361 e. The summed E-state index contributed by atoms with van der Waals surface area (Å²) < 4.78 is 4.95. The van der Waals surface area contributed by atoms with E-state index in [2.05, 4.69) is 28.7 Å². The van der Waals surface area contributed by atoms with Crippen LogP contribution >= 0.6 is 0 Å². The Hall–Kier alpha value is -2.62. The number of benzene rings is 2. The Morgan fingerprint density at radius 2 is 2.00 bits per heavy atom. The summed E-state index contributed by atoms with van der Waals surface area (Å²) in [6, 6.07) is 12.0. The highest BCUT2D eigenvalue weighted by Crippen LogP contribution is 2.35. The van der Waals surface area contributed by atoms with Crippen molar-refractivity contribution in [2.75, 3.05) is 5.32 Å². The first-order valence-corrected chi connectivity index (χ1v) is 7.00. The van der Waals surface area contributed by atoms with Crippen LogP contribution in [-0.4, -0.2) is 11.1 Å². The highest BCUT2D eigenvalue weighted by Gasteiger charge is 2.18. The van der Waals surface area contributed by atoms with Crippen LogP contribution in [0.15, 0.2) is 40.9 Å². The van der Waals surface area contributed by atoms with Crippen molar-refractivity contribution in [2.45, 2.75) is 19.8 Å². The third-order valence-electron chi connectivity index (χ3n) is 3.99. The van der Waals surface area contributed by atoms with Gasteiger partial charge in [0, 0.05) is 17.1 Å². The third-order valence-corrected chi connectivity index (χ3v) is 3.99. The van der Waals surface area contributed by atoms with Crippen LogP contribution in [-0.2, 0) is 12.8 Å². The van der Waals surface area contributed by atoms with Gasteiger partial charge in [0.05, 0.1) is 0 Å². The molecule has 0 radical (unpaired) electrons. The molecule has 0 unspecified atom stereocenters. The van der Waals surface area contributed by atoms with Gasteiger partial charge in [-0.3, -0.25) is 4.79 Å². The van der Waals surface area contributed by atoms with E-state index in [-0.39, 0.29) is 5.91 Å². The summed E-state index contributed by atoms with van der Waals surface area (Å²) >= 11 is 0. The summed E-state index contributed by atoms with van der Waals surface area (Å²) in [7, 11) is 0. The molecule has 1 aliphatic rings. The normalized spacial score (nSPS) is 12.8. The van der Waals surface area contributed by atoms with Crippen molar-refractivity contribution in [1.82, 2.24) is 5.16 Å². The number of hydrogen-bond acceptors (Lipinski definition) is 3. The number of aryl methyl sites for hydroxylation is 3. The molecule has 1 aliphatic carbocycles. The van der Waals surface area contributed by atoms with Crippen molar-refractivity contribution in [3.05, 3.63) is 59.0 Å². The monoisotopic (exact) mass is 278 g/mol. The van der Waals surface area contributed by atoms with Gasteiger partial charge in [-0.25, -0.2) is 0 Å². The highest BCUT2D eigenvalue weighted by atomic mass is 16.5. The van der Waals surface area contributed by atoms with Crippen LogP contribution in [0.1, 0.15) is 27.4 Å². The molecule has 2 aromatic carbocycles. The standard InChI is InChI=1S/C17H14N2O2/c1-10-9-15(19-21-10)17(20)18-14-8-7-12-6-5-11-3-2-4-13(14)16(11)12/h2-4,7-9H,5-6H2,1H3,(H,18,20). The molecule has 4 nitrogen and oxygen atoms in total. The topological polar surface area (TPSA) is 55.1 Å². The first kappa shape index (κ1) is 12.1. The second kappa shape index (κ2) is 4.45. The van der Waals surface area contributed by atoms with Gasteiger partial charge in [0.2, 0.25) is 0 Å². The zero-order valence-corrected chi connectivity index (χ0v) is 11.6. The molecule has 3 aromatic rings. The van der Waals surface area contributed by atoms with Crippen molar-refractivity contribution in [3.63, 3.8) is 0 Å². The number of nitrogens with one attached hydrogen (secondary N) is 1. The van der Waals surface area contributed by atoms with E-state index in [0.29, 0.717) is 11.5 Å². The van der Waals surface area contributed by atoms with E-state index in [1.807, 2.05) is 12.1 Å². The number of carbonyl (C=O) groups is 1. The van der Waals surface area contributed by atoms with Crippen molar-refractivity contribution >= 4 is 22.4 Å². The number of hydrogen-bond donors (Lipinski definition) is 1. The second-order valence-electron chi connectivity index (χ2n) is 5.39. The molecule has 0 saturated heterocycles. The summed E-state index contributed by atoms with van der Waals surface area (Å²) in [4.78, 5) is 12.2. The lowest BCUT2D eigenvalue weighted by atomic mass is 10.0. The lowest BCUT2D eigenvalue weighted by Gasteiger charge is -2.09. The fourth-order valence-electron chi connectivity index (χ4n) is 3.02. The molecule has 0 saturated carbocycles. The number of anilines is 1. The van der Waals surface area contributed by atoms with Gasteiger partial charge in [0.25, 0.3) is 5.91 Å². The number of rotatable bonds is 2. The molecule has 4 rings (SSSR count). The summed E-state index contributed by atoms with van der Waals surface area (Å²) in [5.74, 6) is 0.381. The van der Waals surface area contributed by atoms with Crippen LogP contribution in [0, 0.1) is 6.92 Å². The molecule has 0 spiro atoms. The fraction of sp³-hybridized carbons (Fsp3) is 0.176. The van der Waals surface area contributed by atoms with Gasteiger partial charge in [0.1, 0.15) is 5.76 Å². The maximum atomic E-state index is 12.2. The summed E-state index contributed by atoms with van der Waals surface area (Å²) in [5, 5.41) is 9.07. The Labute approximate surface area is 121 Å². The number of amides is 1. The van der Waals surface area contributed by atoms with E-state index in [0.717, 1.165) is 23.9 Å². The molecule has 1 heterocycles. The summed E-state index contributed by atoms with van der Waals surface area (Å²) in [6.07, 6.45) is 2.15. The molecular formula is C17H14N2O2. The van der Waals surface area contributed by atoms with Crippen LogP contribution in [0.3, 0.4) is 0 Å². The van der Waals surface area contributed by atoms with Gasteiger partial charge in [0.15, 0.2) is 5.69 Å². The highest BCUT2D eigenvalue weighted by molar-refractivity contribution is 6.09. The Morgan fingerprint density at radius 3 is 2.76 bits per heavy atom. The van der Waals surface area contributed by atoms with E-state index in [9.17, 15) is 4.79 Å². The maximum absolute atomic E-state index is 12.2. The maximum Gasteiger partial charge on any atom is 0.277 e. The molecule has 1 amide bonds. The van der Waals surface area contributed by atoms with E-state index in [1.165, 1.54) is 16.5 Å². The van der Waals surface area contributed by atoms with Crippen molar-refractivity contribution < 1.29 is 9.32 Å². The molecule has 4 heteroatoms. The van der Waals surface area contributed by atoms with Gasteiger partial charge in [-0.2, -0.15) is 0 Å². The van der Waals surface area contributed by atoms with Gasteiger partial charge >= 0.3 is 0 Å². The fourth-order valence-corrected chi connectivity index (χ4v) is 3.02. The van der Waals surface area contributed by atoms with Crippen LogP contribution < -0.4 is 5.32 Å². The largest absolute Gasteiger partial charge is 0.361 e. The summed E-state index contributed by atoms with van der Waals surface area (Å²) in [6.45, 7) is 1.77. The van der Waals surface area contributed by atoms with Crippen molar-refractivity contribution in [2.24, 2.45) is 0 Å². The quantitative estimate of drug-likeness (QED) is 0.780. The molecule has 0 aliphatic heterocycles. The zero-order valence-electron chi connectivity index (χ0n) is 11.6. The predicted octanol–water partition coefficient (Wildman–Crippen LogP) is 3.49. The zero-order chi connectivity index (χ0) is 14.4. The lowest BCUT2D eigenvalue weighted by molar-refractivity contribution is 0.101. The van der Waals surface area contributed by atoms with E-state index in [1.54, 1.807) is 13.0 Å². The van der Waals surface area contributed by atoms with E-state index >= 15 is 0 Å². The Morgan fingerprint density at radius 1 is 1.19 bits per heavy atom. The first-order valence-electron chi connectivity index (χ1n) is 7.00. The molecule has 0 fully saturated rings.